The molecule has 0 unspecified atom stereocenters. The van der Waals surface area contributed by atoms with Gasteiger partial charge in [0.25, 0.3) is 0 Å². The molecule has 19 heavy (non-hydrogen) atoms. The van der Waals surface area contributed by atoms with Crippen LogP contribution in [0.25, 0.3) is 0 Å². The molecule has 0 radical (unpaired) electrons. The van der Waals surface area contributed by atoms with Crippen LogP contribution in [0.2, 0.25) is 0 Å². The van der Waals surface area contributed by atoms with E-state index in [9.17, 15) is 9.59 Å². The minimum atomic E-state index is -0.114. The Hall–Kier alpha value is -1.44. The van der Waals surface area contributed by atoms with E-state index in [0.717, 1.165) is 11.1 Å². The molecule has 0 heterocycles. The van der Waals surface area contributed by atoms with Gasteiger partial charge in [-0.25, -0.2) is 0 Å². The highest BCUT2D eigenvalue weighted by molar-refractivity contribution is 6.25. The molecule has 0 aromatic carbocycles. The van der Waals surface area contributed by atoms with Gasteiger partial charge in [-0.2, -0.15) is 0 Å². The molecule has 2 aliphatic carbocycles. The summed E-state index contributed by atoms with van der Waals surface area (Å²) >= 11 is 0. The minimum absolute atomic E-state index is 0.0317. The Morgan fingerprint density at radius 3 is 2.53 bits per heavy atom. The van der Waals surface area contributed by atoms with E-state index >= 15 is 0 Å². The standard InChI is InChI=1S/C17H22O2/c1-12-10-13(2)17(16(19)11-12)15(18)9-8-14-6-4-3-5-7-14/h8-10,14H,3-7,11H2,1-2H3/b9-8+. The normalized spacial score (nSPS) is 22.0. The second-order valence-corrected chi connectivity index (χ2v) is 5.77. The van der Waals surface area contributed by atoms with E-state index in [-0.39, 0.29) is 11.6 Å². The Kier molecular flexibility index (Phi) is 4.52. The molecular weight excluding hydrogens is 236 g/mol. The Bertz CT molecular complexity index is 471. The minimum Gasteiger partial charge on any atom is -0.294 e. The van der Waals surface area contributed by atoms with Crippen molar-refractivity contribution in [2.45, 2.75) is 52.4 Å². The predicted molar refractivity (Wildman–Crippen MR) is 76.8 cm³/mol. The lowest BCUT2D eigenvalue weighted by atomic mass is 9.87. The predicted octanol–water partition coefficient (Wildman–Crippen LogP) is 3.93. The number of hydrogen-bond acceptors (Lipinski definition) is 2. The highest BCUT2D eigenvalue weighted by atomic mass is 16.1. The Labute approximate surface area is 115 Å². The SMILES string of the molecule is CC1=CC(C)=C(C(=O)/C=C/C2CCCCC2)C(=O)C1. The average molecular weight is 258 g/mol. The summed E-state index contributed by atoms with van der Waals surface area (Å²) in [5.74, 6) is 0.377. The van der Waals surface area contributed by atoms with Crippen LogP contribution < -0.4 is 0 Å². The van der Waals surface area contributed by atoms with Crippen LogP contribution in [-0.2, 0) is 9.59 Å². The molecule has 1 saturated carbocycles. The van der Waals surface area contributed by atoms with Gasteiger partial charge in [0.2, 0.25) is 0 Å². The number of hydrogen-bond donors (Lipinski definition) is 0. The topological polar surface area (TPSA) is 34.1 Å². The van der Waals surface area contributed by atoms with Gasteiger partial charge in [-0.1, -0.05) is 37.0 Å². The van der Waals surface area contributed by atoms with Gasteiger partial charge in [0, 0.05) is 6.42 Å². The van der Waals surface area contributed by atoms with Gasteiger partial charge in [-0.3, -0.25) is 9.59 Å². The van der Waals surface area contributed by atoms with Gasteiger partial charge in [0.1, 0.15) is 0 Å². The molecule has 102 valence electrons. The first-order valence-corrected chi connectivity index (χ1v) is 7.21. The molecule has 2 nitrogen and oxygen atoms in total. The lowest BCUT2D eigenvalue weighted by Crippen LogP contribution is -2.16. The van der Waals surface area contributed by atoms with Crippen molar-refractivity contribution in [3.05, 3.63) is 34.9 Å². The molecule has 2 rings (SSSR count). The molecule has 0 bridgehead atoms. The summed E-state index contributed by atoms with van der Waals surface area (Å²) < 4.78 is 0. The lowest BCUT2D eigenvalue weighted by molar-refractivity contribution is -0.119. The van der Waals surface area contributed by atoms with Gasteiger partial charge in [0.15, 0.2) is 11.6 Å². The summed E-state index contributed by atoms with van der Waals surface area (Å²) in [4.78, 5) is 24.1. The summed E-state index contributed by atoms with van der Waals surface area (Å²) in [5, 5.41) is 0. The van der Waals surface area contributed by atoms with Crippen molar-refractivity contribution < 1.29 is 9.59 Å². The number of allylic oxidation sites excluding steroid dienone is 6. The summed E-state index contributed by atoms with van der Waals surface area (Å²) in [6, 6.07) is 0. The highest BCUT2D eigenvalue weighted by Gasteiger charge is 2.22. The van der Waals surface area contributed by atoms with Crippen molar-refractivity contribution >= 4 is 11.6 Å². The Morgan fingerprint density at radius 1 is 1.21 bits per heavy atom. The molecule has 1 fully saturated rings. The van der Waals surface area contributed by atoms with Crippen LogP contribution in [0.1, 0.15) is 52.4 Å². The van der Waals surface area contributed by atoms with Crippen molar-refractivity contribution in [3.63, 3.8) is 0 Å². The fourth-order valence-corrected chi connectivity index (χ4v) is 3.02. The van der Waals surface area contributed by atoms with Crippen LogP contribution in [0.4, 0.5) is 0 Å². The van der Waals surface area contributed by atoms with E-state index < -0.39 is 0 Å². The van der Waals surface area contributed by atoms with Gasteiger partial charge in [0.05, 0.1) is 5.57 Å². The van der Waals surface area contributed by atoms with Crippen molar-refractivity contribution in [1.82, 2.24) is 0 Å². The van der Waals surface area contributed by atoms with Crippen LogP contribution in [0.3, 0.4) is 0 Å². The molecule has 0 amide bonds. The smallest absolute Gasteiger partial charge is 0.189 e. The Morgan fingerprint density at radius 2 is 1.89 bits per heavy atom. The van der Waals surface area contributed by atoms with Gasteiger partial charge in [-0.05, 0) is 44.3 Å². The third-order valence-corrected chi connectivity index (χ3v) is 3.99. The number of carbonyl (C=O) groups excluding carboxylic acids is 2. The summed E-state index contributed by atoms with van der Waals surface area (Å²) in [6.07, 6.45) is 12.1. The van der Waals surface area contributed by atoms with E-state index in [2.05, 4.69) is 0 Å². The van der Waals surface area contributed by atoms with Crippen LogP contribution in [0.5, 0.6) is 0 Å². The number of ketones is 2. The third-order valence-electron chi connectivity index (χ3n) is 3.99. The summed E-state index contributed by atoms with van der Waals surface area (Å²) in [5.41, 5.74) is 2.24. The van der Waals surface area contributed by atoms with Crippen LogP contribution >= 0.6 is 0 Å². The second kappa shape index (κ2) is 6.14. The zero-order valence-electron chi connectivity index (χ0n) is 11.9. The number of carbonyl (C=O) groups is 2. The molecule has 0 N–H and O–H groups in total. The van der Waals surface area contributed by atoms with Crippen molar-refractivity contribution in [1.29, 1.82) is 0 Å². The molecule has 0 spiro atoms. The molecule has 0 aliphatic heterocycles. The largest absolute Gasteiger partial charge is 0.294 e. The van der Waals surface area contributed by atoms with Crippen molar-refractivity contribution in [2.75, 3.05) is 0 Å². The van der Waals surface area contributed by atoms with E-state index in [1.165, 1.54) is 32.1 Å². The third kappa shape index (κ3) is 3.52. The molecule has 2 aliphatic rings. The molecule has 0 atom stereocenters. The molecular formula is C17H22O2. The number of Topliss-reactive ketones (excluding diaryl/α,β-unsaturated/α-hetero) is 1. The zero-order valence-corrected chi connectivity index (χ0v) is 11.9. The first-order chi connectivity index (χ1) is 9.08. The zero-order chi connectivity index (χ0) is 13.8. The first kappa shape index (κ1) is 14.0. The molecule has 0 aromatic heterocycles. The maximum absolute atomic E-state index is 12.2. The van der Waals surface area contributed by atoms with Crippen LogP contribution in [0, 0.1) is 5.92 Å². The van der Waals surface area contributed by atoms with Gasteiger partial charge < -0.3 is 0 Å². The average Bonchev–Trinajstić information content (AvgIpc) is 2.36. The second-order valence-electron chi connectivity index (χ2n) is 5.77. The maximum atomic E-state index is 12.2. The summed E-state index contributed by atoms with van der Waals surface area (Å²) in [7, 11) is 0. The monoisotopic (exact) mass is 258 g/mol. The lowest BCUT2D eigenvalue weighted by Gasteiger charge is -2.18. The van der Waals surface area contributed by atoms with Gasteiger partial charge >= 0.3 is 0 Å². The van der Waals surface area contributed by atoms with E-state index in [1.54, 1.807) is 6.08 Å². The van der Waals surface area contributed by atoms with Crippen LogP contribution in [-0.4, -0.2) is 11.6 Å². The van der Waals surface area contributed by atoms with Crippen LogP contribution in [0.15, 0.2) is 34.9 Å². The highest BCUT2D eigenvalue weighted by Crippen LogP contribution is 2.26. The van der Waals surface area contributed by atoms with E-state index in [1.807, 2.05) is 26.0 Å². The first-order valence-electron chi connectivity index (χ1n) is 7.21. The van der Waals surface area contributed by atoms with E-state index in [4.69, 9.17) is 0 Å². The van der Waals surface area contributed by atoms with Crippen molar-refractivity contribution in [3.8, 4) is 0 Å². The quantitative estimate of drug-likeness (QED) is 0.568. The molecule has 0 aromatic rings. The van der Waals surface area contributed by atoms with E-state index in [0.29, 0.717) is 17.9 Å². The number of rotatable bonds is 3. The van der Waals surface area contributed by atoms with Gasteiger partial charge in [-0.15, -0.1) is 0 Å². The summed E-state index contributed by atoms with van der Waals surface area (Å²) in [6.45, 7) is 3.78. The molecule has 2 heteroatoms. The Balaban J connectivity index is 2.08. The molecule has 0 saturated heterocycles. The fraction of sp³-hybridized carbons (Fsp3) is 0.529. The fourth-order valence-electron chi connectivity index (χ4n) is 3.02. The maximum Gasteiger partial charge on any atom is 0.189 e. The van der Waals surface area contributed by atoms with Crippen molar-refractivity contribution in [2.24, 2.45) is 5.92 Å².